The van der Waals surface area contributed by atoms with Gasteiger partial charge in [0.15, 0.2) is 0 Å². The first-order chi connectivity index (χ1) is 10.9. The van der Waals surface area contributed by atoms with Crippen LogP contribution in [0.15, 0.2) is 46.1 Å². The minimum absolute atomic E-state index is 0.0142. The maximum absolute atomic E-state index is 11.9. The molecule has 0 radical (unpaired) electrons. The zero-order valence-electron chi connectivity index (χ0n) is 12.4. The van der Waals surface area contributed by atoms with Crippen molar-refractivity contribution >= 4 is 17.5 Å². The Balaban J connectivity index is 1.97. The second kappa shape index (κ2) is 7.26. The molecule has 122 valence electrons. The zero-order chi connectivity index (χ0) is 17.0. The van der Waals surface area contributed by atoms with E-state index in [1.165, 1.54) is 19.3 Å². The van der Waals surface area contributed by atoms with Crippen molar-refractivity contribution in [2.45, 2.75) is 12.6 Å². The molecule has 8 heteroatoms. The van der Waals surface area contributed by atoms with Gasteiger partial charge in [-0.05, 0) is 17.7 Å². The summed E-state index contributed by atoms with van der Waals surface area (Å²) in [6.07, 6.45) is 0.354. The highest BCUT2D eigenvalue weighted by molar-refractivity contribution is 6.30. The summed E-state index contributed by atoms with van der Waals surface area (Å²) < 4.78 is 2.02. The van der Waals surface area contributed by atoms with Gasteiger partial charge in [-0.1, -0.05) is 23.7 Å². The minimum atomic E-state index is -0.908. The van der Waals surface area contributed by atoms with Gasteiger partial charge in [0, 0.05) is 30.9 Å². The maximum atomic E-state index is 11.9. The number of hydrogen-bond donors (Lipinski definition) is 2. The molecule has 1 aromatic carbocycles. The second-order valence-electron chi connectivity index (χ2n) is 5.00. The van der Waals surface area contributed by atoms with Crippen molar-refractivity contribution in [1.82, 2.24) is 14.5 Å². The van der Waals surface area contributed by atoms with Crippen LogP contribution >= 0.6 is 11.6 Å². The highest BCUT2D eigenvalue weighted by atomic mass is 35.5. The fourth-order valence-corrected chi connectivity index (χ4v) is 2.19. The molecule has 0 saturated carbocycles. The lowest BCUT2D eigenvalue weighted by atomic mass is 10.1. The Hall–Kier alpha value is -2.38. The number of hydrogen-bond acceptors (Lipinski definition) is 4. The van der Waals surface area contributed by atoms with Crippen molar-refractivity contribution in [1.29, 1.82) is 0 Å². The molecule has 0 bridgehead atoms. The lowest BCUT2D eigenvalue weighted by Gasteiger charge is -2.13. The van der Waals surface area contributed by atoms with E-state index in [9.17, 15) is 19.5 Å². The van der Waals surface area contributed by atoms with E-state index in [2.05, 4.69) is 5.32 Å². The lowest BCUT2D eigenvalue weighted by Crippen LogP contribution is -2.40. The summed E-state index contributed by atoms with van der Waals surface area (Å²) in [4.78, 5) is 35.0. The quantitative estimate of drug-likeness (QED) is 0.806. The van der Waals surface area contributed by atoms with Crippen molar-refractivity contribution in [2.24, 2.45) is 7.05 Å². The van der Waals surface area contributed by atoms with Crippen LogP contribution in [0.1, 0.15) is 11.7 Å². The number of benzene rings is 1. The van der Waals surface area contributed by atoms with Crippen molar-refractivity contribution in [3.63, 3.8) is 0 Å². The number of halogens is 1. The minimum Gasteiger partial charge on any atom is -0.387 e. The van der Waals surface area contributed by atoms with Gasteiger partial charge in [0.2, 0.25) is 5.91 Å². The van der Waals surface area contributed by atoms with Crippen LogP contribution in [0.5, 0.6) is 0 Å². The molecule has 2 N–H and O–H groups in total. The van der Waals surface area contributed by atoms with Crippen molar-refractivity contribution in [2.75, 3.05) is 6.54 Å². The van der Waals surface area contributed by atoms with E-state index >= 15 is 0 Å². The van der Waals surface area contributed by atoms with Crippen LogP contribution in [0.25, 0.3) is 0 Å². The lowest BCUT2D eigenvalue weighted by molar-refractivity contribution is -0.122. The van der Waals surface area contributed by atoms with Gasteiger partial charge in [0.05, 0.1) is 6.10 Å². The summed E-state index contributed by atoms with van der Waals surface area (Å²) in [5, 5.41) is 13.0. The monoisotopic (exact) mass is 337 g/mol. The fraction of sp³-hybridized carbons (Fsp3) is 0.267. The molecule has 2 rings (SSSR count). The third-order valence-corrected chi connectivity index (χ3v) is 3.54. The average Bonchev–Trinajstić information content (AvgIpc) is 2.53. The van der Waals surface area contributed by atoms with Crippen molar-refractivity contribution < 1.29 is 9.90 Å². The van der Waals surface area contributed by atoms with Crippen LogP contribution in [-0.4, -0.2) is 26.7 Å². The number of aliphatic hydroxyl groups is 1. The normalized spacial score (nSPS) is 12.0. The molecule has 0 unspecified atom stereocenters. The number of amides is 1. The molecule has 1 atom stereocenters. The number of nitrogens with one attached hydrogen (secondary N) is 1. The Morgan fingerprint density at radius 2 is 2.09 bits per heavy atom. The van der Waals surface area contributed by atoms with E-state index in [4.69, 9.17) is 11.6 Å². The molecule has 0 aliphatic carbocycles. The van der Waals surface area contributed by atoms with E-state index in [0.29, 0.717) is 10.6 Å². The van der Waals surface area contributed by atoms with Gasteiger partial charge in [-0.15, -0.1) is 0 Å². The SMILES string of the molecule is Cn1c(=O)ccn(CC(=O)NC[C@@H](O)c2cccc(Cl)c2)c1=O. The van der Waals surface area contributed by atoms with Gasteiger partial charge in [0.1, 0.15) is 6.54 Å². The first kappa shape index (κ1) is 17.0. The maximum Gasteiger partial charge on any atom is 0.331 e. The number of nitrogens with zero attached hydrogens (tertiary/aromatic N) is 2. The first-order valence-corrected chi connectivity index (χ1v) is 7.23. The zero-order valence-corrected chi connectivity index (χ0v) is 13.2. The van der Waals surface area contributed by atoms with Gasteiger partial charge in [-0.2, -0.15) is 0 Å². The molecule has 0 aliphatic heterocycles. The van der Waals surface area contributed by atoms with Gasteiger partial charge in [0.25, 0.3) is 5.56 Å². The first-order valence-electron chi connectivity index (χ1n) is 6.85. The van der Waals surface area contributed by atoms with Crippen molar-refractivity contribution in [3.05, 3.63) is 68.0 Å². The van der Waals surface area contributed by atoms with E-state index in [1.54, 1.807) is 24.3 Å². The molecule has 2 aromatic rings. The summed E-state index contributed by atoms with van der Waals surface area (Å²) in [7, 11) is 1.34. The Bertz CT molecular complexity index is 828. The predicted octanol–water partition coefficient (Wildman–Crippen LogP) is 0.0502. The number of aliphatic hydroxyl groups excluding tert-OH is 1. The Labute approximate surface area is 136 Å². The summed E-state index contributed by atoms with van der Waals surface area (Å²) >= 11 is 5.84. The van der Waals surface area contributed by atoms with E-state index < -0.39 is 23.3 Å². The van der Waals surface area contributed by atoms with E-state index in [-0.39, 0.29) is 13.1 Å². The number of carbonyl (C=O) groups excluding carboxylic acids is 1. The third-order valence-electron chi connectivity index (χ3n) is 3.30. The summed E-state index contributed by atoms with van der Waals surface area (Å²) in [6, 6.07) is 7.89. The molecule has 23 heavy (non-hydrogen) atoms. The third kappa shape index (κ3) is 4.30. The smallest absolute Gasteiger partial charge is 0.331 e. The second-order valence-corrected chi connectivity index (χ2v) is 5.43. The van der Waals surface area contributed by atoms with Crippen LogP contribution in [0.2, 0.25) is 5.02 Å². The molecule has 1 amide bonds. The largest absolute Gasteiger partial charge is 0.387 e. The van der Waals surface area contributed by atoms with Crippen LogP contribution < -0.4 is 16.6 Å². The van der Waals surface area contributed by atoms with Crippen LogP contribution in [0.3, 0.4) is 0 Å². The fourth-order valence-electron chi connectivity index (χ4n) is 1.99. The van der Waals surface area contributed by atoms with Gasteiger partial charge >= 0.3 is 5.69 Å². The average molecular weight is 338 g/mol. The molecule has 0 fully saturated rings. The van der Waals surface area contributed by atoms with Gasteiger partial charge in [-0.25, -0.2) is 4.79 Å². The predicted molar refractivity (Wildman–Crippen MR) is 85.4 cm³/mol. The van der Waals surface area contributed by atoms with Crippen molar-refractivity contribution in [3.8, 4) is 0 Å². The highest BCUT2D eigenvalue weighted by Crippen LogP contribution is 2.16. The number of carbonyl (C=O) groups is 1. The Morgan fingerprint density at radius 3 is 2.78 bits per heavy atom. The topological polar surface area (TPSA) is 93.3 Å². The summed E-state index contributed by atoms with van der Waals surface area (Å²) in [5.74, 6) is -0.452. The van der Waals surface area contributed by atoms with Crippen LogP contribution in [0, 0.1) is 0 Å². The van der Waals surface area contributed by atoms with Gasteiger partial charge < -0.3 is 10.4 Å². The van der Waals surface area contributed by atoms with Gasteiger partial charge in [-0.3, -0.25) is 18.7 Å². The highest BCUT2D eigenvalue weighted by Gasteiger charge is 2.11. The number of rotatable bonds is 5. The summed E-state index contributed by atoms with van der Waals surface area (Å²) in [5.41, 5.74) is -0.442. The molecule has 0 saturated heterocycles. The molecular formula is C15H16ClN3O4. The Morgan fingerprint density at radius 1 is 1.35 bits per heavy atom. The van der Waals surface area contributed by atoms with E-state index in [1.807, 2.05) is 0 Å². The number of aromatic nitrogens is 2. The Kier molecular flexibility index (Phi) is 5.36. The van der Waals surface area contributed by atoms with Crippen LogP contribution in [0.4, 0.5) is 0 Å². The molecule has 0 spiro atoms. The van der Waals surface area contributed by atoms with E-state index in [0.717, 1.165) is 9.13 Å². The van der Waals surface area contributed by atoms with Crippen LogP contribution in [-0.2, 0) is 18.4 Å². The molecule has 7 nitrogen and oxygen atoms in total. The summed E-state index contributed by atoms with van der Waals surface area (Å²) in [6.45, 7) is -0.255. The molecular weight excluding hydrogens is 322 g/mol. The standard InChI is InChI=1S/C15H16ClN3O4/c1-18-14(22)5-6-19(15(18)23)9-13(21)17-8-12(20)10-3-2-4-11(16)7-10/h2-7,12,20H,8-9H2,1H3,(H,17,21)/t12-/m1/s1. The molecule has 0 aliphatic rings. The molecule has 1 heterocycles. The molecule has 1 aromatic heterocycles.